The minimum Gasteiger partial charge on any atom is -0.497 e. The van der Waals surface area contributed by atoms with Crippen LogP contribution in [0.4, 0.5) is 0 Å². The molecule has 5 nitrogen and oxygen atoms in total. The van der Waals surface area contributed by atoms with Crippen LogP contribution in [0.15, 0.2) is 24.3 Å². The maximum Gasteiger partial charge on any atom is 0.325 e. The zero-order valence-electron chi connectivity index (χ0n) is 13.1. The average molecular weight is 294 g/mol. The fourth-order valence-electron chi connectivity index (χ4n) is 1.78. The molecule has 0 N–H and O–H groups in total. The molecule has 1 aromatic carbocycles. The molecule has 116 valence electrons. The van der Waals surface area contributed by atoms with Crippen molar-refractivity contribution in [1.29, 1.82) is 0 Å². The van der Waals surface area contributed by atoms with Crippen LogP contribution < -0.4 is 4.74 Å². The maximum atomic E-state index is 12.3. The van der Waals surface area contributed by atoms with E-state index in [0.717, 1.165) is 0 Å². The molecule has 0 aliphatic rings. The van der Waals surface area contributed by atoms with E-state index >= 15 is 0 Å². The van der Waals surface area contributed by atoms with Crippen molar-refractivity contribution in [3.8, 4) is 5.75 Å². The first-order valence-electron chi connectivity index (χ1n) is 6.82. The van der Waals surface area contributed by atoms with Gasteiger partial charge in [0.1, 0.15) is 11.4 Å². The molecule has 1 atom stereocenters. The lowest BCUT2D eigenvalue weighted by Crippen LogP contribution is -2.32. The van der Waals surface area contributed by atoms with Gasteiger partial charge in [-0.15, -0.1) is 0 Å². The molecule has 0 saturated heterocycles. The molecule has 1 aromatic rings. The van der Waals surface area contributed by atoms with Crippen LogP contribution in [0.2, 0.25) is 0 Å². The first kappa shape index (κ1) is 17.0. The Kier molecular flexibility index (Phi) is 5.76. The Labute approximate surface area is 125 Å². The van der Waals surface area contributed by atoms with Gasteiger partial charge in [0.25, 0.3) is 0 Å². The molecule has 0 aliphatic carbocycles. The molecule has 0 amide bonds. The van der Waals surface area contributed by atoms with Gasteiger partial charge < -0.3 is 14.2 Å². The Balaban J connectivity index is 3.12. The number of rotatable bonds is 5. The summed E-state index contributed by atoms with van der Waals surface area (Å²) >= 11 is 0. The van der Waals surface area contributed by atoms with Gasteiger partial charge in [0.15, 0.2) is 5.92 Å². The van der Waals surface area contributed by atoms with E-state index < -0.39 is 23.5 Å². The smallest absolute Gasteiger partial charge is 0.325 e. The fraction of sp³-hybridized carbons (Fsp3) is 0.500. The van der Waals surface area contributed by atoms with Crippen molar-refractivity contribution >= 4 is 11.9 Å². The van der Waals surface area contributed by atoms with Gasteiger partial charge in [-0.25, -0.2) is 0 Å². The van der Waals surface area contributed by atoms with E-state index in [2.05, 4.69) is 0 Å². The van der Waals surface area contributed by atoms with E-state index in [9.17, 15) is 9.59 Å². The van der Waals surface area contributed by atoms with Gasteiger partial charge >= 0.3 is 11.9 Å². The quantitative estimate of drug-likeness (QED) is 0.617. The van der Waals surface area contributed by atoms with Crippen molar-refractivity contribution in [2.24, 2.45) is 0 Å². The molecule has 1 unspecified atom stereocenters. The summed E-state index contributed by atoms with van der Waals surface area (Å²) in [6.07, 6.45) is 0. The minimum absolute atomic E-state index is 0.197. The molecule has 0 saturated carbocycles. The average Bonchev–Trinajstić information content (AvgIpc) is 2.37. The van der Waals surface area contributed by atoms with Crippen molar-refractivity contribution in [3.05, 3.63) is 29.8 Å². The number of ether oxygens (including phenoxy) is 3. The Morgan fingerprint density at radius 1 is 1.19 bits per heavy atom. The highest BCUT2D eigenvalue weighted by atomic mass is 16.6. The third-order valence-corrected chi connectivity index (χ3v) is 2.59. The van der Waals surface area contributed by atoms with Gasteiger partial charge in [0, 0.05) is 0 Å². The first-order chi connectivity index (χ1) is 9.78. The summed E-state index contributed by atoms with van der Waals surface area (Å²) in [5, 5.41) is 0. The predicted octanol–water partition coefficient (Wildman–Crippen LogP) is 2.68. The number of hydrogen-bond donors (Lipinski definition) is 0. The third kappa shape index (κ3) is 5.10. The van der Waals surface area contributed by atoms with Crippen LogP contribution in [0, 0.1) is 0 Å². The van der Waals surface area contributed by atoms with Crippen LogP contribution in [-0.2, 0) is 19.1 Å². The van der Waals surface area contributed by atoms with Crippen LogP contribution >= 0.6 is 0 Å². The molecule has 0 spiro atoms. The number of hydrogen-bond acceptors (Lipinski definition) is 5. The summed E-state index contributed by atoms with van der Waals surface area (Å²) in [6, 6.07) is 6.76. The van der Waals surface area contributed by atoms with Crippen LogP contribution in [0.3, 0.4) is 0 Å². The van der Waals surface area contributed by atoms with Gasteiger partial charge in [-0.1, -0.05) is 12.1 Å². The van der Waals surface area contributed by atoms with Gasteiger partial charge in [0.2, 0.25) is 0 Å². The molecule has 0 radical (unpaired) electrons. The number of benzene rings is 1. The number of methoxy groups -OCH3 is 1. The zero-order chi connectivity index (χ0) is 16.0. The molecular weight excluding hydrogens is 272 g/mol. The SMILES string of the molecule is CCOC(=O)C(C(=O)OC(C)(C)C)c1cccc(OC)c1. The van der Waals surface area contributed by atoms with Crippen LogP contribution in [-0.4, -0.2) is 31.3 Å². The van der Waals surface area contributed by atoms with E-state index in [4.69, 9.17) is 14.2 Å². The Morgan fingerprint density at radius 2 is 1.86 bits per heavy atom. The number of carbonyl (C=O) groups is 2. The van der Waals surface area contributed by atoms with E-state index in [1.54, 1.807) is 52.0 Å². The summed E-state index contributed by atoms with van der Waals surface area (Å²) in [4.78, 5) is 24.4. The second kappa shape index (κ2) is 7.11. The largest absolute Gasteiger partial charge is 0.497 e. The molecule has 1 rings (SSSR count). The number of esters is 2. The molecule has 0 fully saturated rings. The second-order valence-electron chi connectivity index (χ2n) is 5.50. The zero-order valence-corrected chi connectivity index (χ0v) is 13.1. The van der Waals surface area contributed by atoms with Crippen molar-refractivity contribution in [1.82, 2.24) is 0 Å². The molecule has 0 aromatic heterocycles. The Hall–Kier alpha value is -2.04. The van der Waals surface area contributed by atoms with Crippen molar-refractivity contribution in [2.45, 2.75) is 39.2 Å². The van der Waals surface area contributed by atoms with Crippen LogP contribution in [0.25, 0.3) is 0 Å². The van der Waals surface area contributed by atoms with Crippen molar-refractivity contribution < 1.29 is 23.8 Å². The summed E-state index contributed by atoms with van der Waals surface area (Å²) < 4.78 is 15.4. The molecule has 5 heteroatoms. The highest BCUT2D eigenvalue weighted by molar-refractivity contribution is 6.01. The topological polar surface area (TPSA) is 61.8 Å². The van der Waals surface area contributed by atoms with Crippen LogP contribution in [0.5, 0.6) is 5.75 Å². The number of carbonyl (C=O) groups excluding carboxylic acids is 2. The summed E-state index contributed by atoms with van der Waals surface area (Å²) in [7, 11) is 1.52. The lowest BCUT2D eigenvalue weighted by molar-refractivity contribution is -0.164. The lowest BCUT2D eigenvalue weighted by atomic mass is 9.98. The molecule has 0 bridgehead atoms. The van der Waals surface area contributed by atoms with E-state index in [1.807, 2.05) is 0 Å². The predicted molar refractivity (Wildman–Crippen MR) is 78.2 cm³/mol. The summed E-state index contributed by atoms with van der Waals surface area (Å²) in [5.41, 5.74) is -0.192. The second-order valence-corrected chi connectivity index (χ2v) is 5.50. The van der Waals surface area contributed by atoms with Crippen molar-refractivity contribution in [3.63, 3.8) is 0 Å². The van der Waals surface area contributed by atoms with E-state index in [-0.39, 0.29) is 6.61 Å². The highest BCUT2D eigenvalue weighted by Crippen LogP contribution is 2.25. The lowest BCUT2D eigenvalue weighted by Gasteiger charge is -2.23. The summed E-state index contributed by atoms with van der Waals surface area (Å²) in [6.45, 7) is 7.13. The third-order valence-electron chi connectivity index (χ3n) is 2.59. The molecule has 21 heavy (non-hydrogen) atoms. The van der Waals surface area contributed by atoms with E-state index in [1.165, 1.54) is 7.11 Å². The Bertz CT molecular complexity index is 502. The van der Waals surface area contributed by atoms with Gasteiger partial charge in [-0.2, -0.15) is 0 Å². The normalized spacial score (nSPS) is 12.4. The van der Waals surface area contributed by atoms with Gasteiger partial charge in [-0.3, -0.25) is 9.59 Å². The molecule has 0 aliphatic heterocycles. The molecular formula is C16H22O5. The fourth-order valence-corrected chi connectivity index (χ4v) is 1.78. The summed E-state index contributed by atoms with van der Waals surface area (Å²) in [5.74, 6) is -1.81. The highest BCUT2D eigenvalue weighted by Gasteiger charge is 2.34. The monoisotopic (exact) mass is 294 g/mol. The van der Waals surface area contributed by atoms with Crippen LogP contribution in [0.1, 0.15) is 39.2 Å². The van der Waals surface area contributed by atoms with Gasteiger partial charge in [0.05, 0.1) is 13.7 Å². The van der Waals surface area contributed by atoms with Gasteiger partial charge in [-0.05, 0) is 45.4 Å². The van der Waals surface area contributed by atoms with E-state index in [0.29, 0.717) is 11.3 Å². The molecule has 0 heterocycles. The first-order valence-corrected chi connectivity index (χ1v) is 6.82. The maximum absolute atomic E-state index is 12.3. The standard InChI is InChI=1S/C16H22O5/c1-6-20-14(17)13(15(18)21-16(2,3)4)11-8-7-9-12(10-11)19-5/h7-10,13H,6H2,1-5H3. The minimum atomic E-state index is -1.11. The van der Waals surface area contributed by atoms with Crippen molar-refractivity contribution in [2.75, 3.05) is 13.7 Å². The Morgan fingerprint density at radius 3 is 2.38 bits per heavy atom.